The summed E-state index contributed by atoms with van der Waals surface area (Å²) in [5.74, 6) is -0.531. The van der Waals surface area contributed by atoms with E-state index in [2.05, 4.69) is 10.3 Å². The van der Waals surface area contributed by atoms with E-state index in [1.807, 2.05) is 61.9 Å². The molecule has 190 valence electrons. The van der Waals surface area contributed by atoms with Crippen molar-refractivity contribution in [1.82, 2.24) is 20.0 Å². The lowest BCUT2D eigenvalue weighted by molar-refractivity contribution is -0.147. The number of hydrogen-bond acceptors (Lipinski definition) is 7. The van der Waals surface area contributed by atoms with Gasteiger partial charge in [0.15, 0.2) is 0 Å². The molecule has 1 unspecified atom stereocenters. The first-order valence-electron chi connectivity index (χ1n) is 11.9. The summed E-state index contributed by atoms with van der Waals surface area (Å²) in [6.45, 7) is 11.0. The fraction of sp³-hybridized carbons (Fsp3) is 0.407. The average Bonchev–Trinajstić information content (AvgIpc) is 3.44. The van der Waals surface area contributed by atoms with E-state index in [1.54, 1.807) is 21.0 Å². The van der Waals surface area contributed by atoms with Gasteiger partial charge in [-0.15, -0.1) is 16.4 Å². The molecular formula is C27H32N4O4S. The van der Waals surface area contributed by atoms with E-state index in [0.717, 1.165) is 49.1 Å². The van der Waals surface area contributed by atoms with Crippen LogP contribution < -0.4 is 4.74 Å². The van der Waals surface area contributed by atoms with Gasteiger partial charge in [-0.1, -0.05) is 23.4 Å². The fourth-order valence-corrected chi connectivity index (χ4v) is 5.61. The second-order valence-electron chi connectivity index (χ2n) is 9.41. The Kier molecular flexibility index (Phi) is 7.42. The molecule has 0 aliphatic carbocycles. The molecule has 0 saturated carbocycles. The zero-order valence-corrected chi connectivity index (χ0v) is 22.3. The molecule has 0 saturated heterocycles. The molecular weight excluding hydrogens is 476 g/mol. The van der Waals surface area contributed by atoms with Gasteiger partial charge in [-0.05, 0) is 69.5 Å². The summed E-state index contributed by atoms with van der Waals surface area (Å²) in [6.07, 6.45) is 0. The molecule has 2 heterocycles. The van der Waals surface area contributed by atoms with Crippen molar-refractivity contribution in [2.45, 2.75) is 60.3 Å². The minimum Gasteiger partial charge on any atom is -0.497 e. The summed E-state index contributed by atoms with van der Waals surface area (Å²) < 4.78 is 13.0. The molecule has 4 aromatic rings. The Balaban J connectivity index is 1.65. The quantitative estimate of drug-likeness (QED) is 0.302. The van der Waals surface area contributed by atoms with Gasteiger partial charge in [-0.25, -0.2) is 9.67 Å². The van der Waals surface area contributed by atoms with Gasteiger partial charge in [0.2, 0.25) is 0 Å². The van der Waals surface area contributed by atoms with Gasteiger partial charge >= 0.3 is 5.97 Å². The number of nitrogens with zero attached hydrogens (tertiary/aromatic N) is 4. The molecule has 0 aliphatic heterocycles. The maximum absolute atomic E-state index is 12.4. The number of aryl methyl sites for hydroxylation is 3. The number of aliphatic carboxylic acids is 1. The predicted molar refractivity (Wildman–Crippen MR) is 140 cm³/mol. The Labute approximate surface area is 214 Å². The van der Waals surface area contributed by atoms with Crippen molar-refractivity contribution < 1.29 is 19.4 Å². The first kappa shape index (κ1) is 25.8. The van der Waals surface area contributed by atoms with E-state index in [0.29, 0.717) is 19.8 Å². The van der Waals surface area contributed by atoms with Gasteiger partial charge in [0.1, 0.15) is 16.3 Å². The summed E-state index contributed by atoms with van der Waals surface area (Å²) in [7, 11) is 1.64. The SMILES string of the molecule is CCn1nnc2c(C)c(C(c3nc(COCc4ccc(OC)cc4)c(C)s3)C(C)(C)C(=O)O)ccc21. The topological polar surface area (TPSA) is 99.4 Å². The van der Waals surface area contributed by atoms with Crippen LogP contribution in [0.4, 0.5) is 0 Å². The van der Waals surface area contributed by atoms with E-state index in [1.165, 1.54) is 11.3 Å². The molecule has 36 heavy (non-hydrogen) atoms. The largest absolute Gasteiger partial charge is 0.497 e. The number of thiazole rings is 1. The predicted octanol–water partition coefficient (Wildman–Crippen LogP) is 5.49. The van der Waals surface area contributed by atoms with Crippen LogP contribution in [0.3, 0.4) is 0 Å². The average molecular weight is 509 g/mol. The monoisotopic (exact) mass is 508 g/mol. The van der Waals surface area contributed by atoms with Crippen LogP contribution in [0, 0.1) is 19.3 Å². The van der Waals surface area contributed by atoms with E-state index in [9.17, 15) is 9.90 Å². The van der Waals surface area contributed by atoms with Gasteiger partial charge in [-0.2, -0.15) is 0 Å². The molecule has 2 aromatic carbocycles. The third-order valence-electron chi connectivity index (χ3n) is 6.69. The zero-order chi connectivity index (χ0) is 26.0. The van der Waals surface area contributed by atoms with Gasteiger partial charge in [0, 0.05) is 11.4 Å². The Morgan fingerprint density at radius 1 is 1.14 bits per heavy atom. The number of benzene rings is 2. The highest BCUT2D eigenvalue weighted by molar-refractivity contribution is 7.11. The summed E-state index contributed by atoms with van der Waals surface area (Å²) in [6, 6.07) is 11.7. The van der Waals surface area contributed by atoms with Crippen molar-refractivity contribution in [3.63, 3.8) is 0 Å². The lowest BCUT2D eigenvalue weighted by Gasteiger charge is -2.30. The van der Waals surface area contributed by atoms with E-state index < -0.39 is 17.3 Å². The maximum Gasteiger partial charge on any atom is 0.310 e. The standard InChI is InChI=1S/C27H32N4O4S/c1-7-31-22-13-12-20(16(2)24(22)29-30-31)23(27(4,5)26(32)33)25-28-21(17(3)36-25)15-35-14-18-8-10-19(34-6)11-9-18/h8-13,23H,7,14-15H2,1-6H3,(H,32,33). The molecule has 0 spiro atoms. The van der Waals surface area contributed by atoms with E-state index in [-0.39, 0.29) is 0 Å². The van der Waals surface area contributed by atoms with Crippen LogP contribution in [0.25, 0.3) is 11.0 Å². The smallest absolute Gasteiger partial charge is 0.310 e. The first-order valence-corrected chi connectivity index (χ1v) is 12.7. The lowest BCUT2D eigenvalue weighted by Crippen LogP contribution is -2.32. The van der Waals surface area contributed by atoms with E-state index in [4.69, 9.17) is 14.5 Å². The molecule has 1 atom stereocenters. The molecule has 0 bridgehead atoms. The number of carboxylic acid groups (broad SMARTS) is 1. The lowest BCUT2D eigenvalue weighted by atomic mass is 9.74. The van der Waals surface area contributed by atoms with Crippen LogP contribution in [-0.4, -0.2) is 38.2 Å². The number of fused-ring (bicyclic) bond motifs is 1. The van der Waals surface area contributed by atoms with Crippen molar-refractivity contribution in [1.29, 1.82) is 0 Å². The summed E-state index contributed by atoms with van der Waals surface area (Å²) >= 11 is 1.52. The van der Waals surface area contributed by atoms with Gasteiger partial charge in [0.05, 0.1) is 42.9 Å². The van der Waals surface area contributed by atoms with Crippen LogP contribution in [0.1, 0.15) is 59.0 Å². The van der Waals surface area contributed by atoms with Crippen LogP contribution in [0.15, 0.2) is 36.4 Å². The van der Waals surface area contributed by atoms with Gasteiger partial charge < -0.3 is 14.6 Å². The number of carbonyl (C=O) groups is 1. The Morgan fingerprint density at radius 3 is 2.50 bits per heavy atom. The van der Waals surface area contributed by atoms with Crippen molar-refractivity contribution in [3.8, 4) is 5.75 Å². The number of ether oxygens (including phenoxy) is 2. The molecule has 0 fully saturated rings. The van der Waals surface area contributed by atoms with Crippen molar-refractivity contribution in [2.75, 3.05) is 7.11 Å². The van der Waals surface area contributed by atoms with Gasteiger partial charge in [0.25, 0.3) is 0 Å². The molecule has 9 heteroatoms. The molecule has 0 radical (unpaired) electrons. The molecule has 1 N–H and O–H groups in total. The Morgan fingerprint density at radius 2 is 1.86 bits per heavy atom. The maximum atomic E-state index is 12.4. The Bertz CT molecular complexity index is 1370. The number of hydrogen-bond donors (Lipinski definition) is 1. The van der Waals surface area contributed by atoms with Crippen molar-refractivity contribution in [3.05, 3.63) is 68.7 Å². The van der Waals surface area contributed by atoms with E-state index >= 15 is 0 Å². The molecule has 0 aliphatic rings. The Hall–Kier alpha value is -3.30. The highest BCUT2D eigenvalue weighted by Crippen LogP contribution is 2.45. The van der Waals surface area contributed by atoms with Gasteiger partial charge in [-0.3, -0.25) is 4.79 Å². The minimum atomic E-state index is -1.09. The first-order chi connectivity index (χ1) is 17.2. The third kappa shape index (κ3) is 4.85. The normalized spacial score (nSPS) is 12.7. The number of carboxylic acids is 1. The molecule has 0 amide bonds. The van der Waals surface area contributed by atoms with Crippen LogP contribution >= 0.6 is 11.3 Å². The van der Waals surface area contributed by atoms with Crippen LogP contribution in [-0.2, 0) is 29.3 Å². The highest BCUT2D eigenvalue weighted by Gasteiger charge is 2.42. The summed E-state index contributed by atoms with van der Waals surface area (Å²) in [4.78, 5) is 18.3. The summed E-state index contributed by atoms with van der Waals surface area (Å²) in [5, 5.41) is 19.6. The second kappa shape index (κ2) is 10.4. The minimum absolute atomic E-state index is 0.345. The summed E-state index contributed by atoms with van der Waals surface area (Å²) in [5.41, 5.74) is 4.33. The highest BCUT2D eigenvalue weighted by atomic mass is 32.1. The third-order valence-corrected chi connectivity index (χ3v) is 7.77. The van der Waals surface area contributed by atoms with Crippen molar-refractivity contribution in [2.24, 2.45) is 5.41 Å². The van der Waals surface area contributed by atoms with Crippen LogP contribution in [0.5, 0.6) is 5.75 Å². The fourth-order valence-electron chi connectivity index (χ4n) is 4.38. The number of methoxy groups -OCH3 is 1. The molecule has 4 rings (SSSR count). The molecule has 2 aromatic heterocycles. The number of aromatic nitrogens is 4. The molecule has 8 nitrogen and oxygen atoms in total. The second-order valence-corrected chi connectivity index (χ2v) is 10.6. The van der Waals surface area contributed by atoms with Crippen molar-refractivity contribution >= 4 is 28.3 Å². The number of rotatable bonds is 10. The zero-order valence-electron chi connectivity index (χ0n) is 21.5. The van der Waals surface area contributed by atoms with Crippen LogP contribution in [0.2, 0.25) is 0 Å².